The number of halogens is 1. The summed E-state index contributed by atoms with van der Waals surface area (Å²) in [7, 11) is 0. The molecule has 6 nitrogen and oxygen atoms in total. The van der Waals surface area contributed by atoms with Crippen LogP contribution in [0.15, 0.2) is 59.2 Å². The minimum absolute atomic E-state index is 0.0554. The molecule has 156 valence electrons. The van der Waals surface area contributed by atoms with Crippen LogP contribution in [0.3, 0.4) is 0 Å². The van der Waals surface area contributed by atoms with Gasteiger partial charge in [-0.2, -0.15) is 0 Å². The van der Waals surface area contributed by atoms with Crippen LogP contribution in [-0.2, 0) is 6.54 Å². The quantitative estimate of drug-likeness (QED) is 0.614. The molecule has 0 N–H and O–H groups in total. The van der Waals surface area contributed by atoms with Crippen LogP contribution in [0, 0.1) is 5.82 Å². The van der Waals surface area contributed by atoms with Crippen LogP contribution in [0.4, 0.5) is 4.39 Å². The molecule has 3 aromatic rings. The molecule has 0 aliphatic carbocycles. The third-order valence-electron chi connectivity index (χ3n) is 5.43. The molecule has 2 amide bonds. The summed E-state index contributed by atoms with van der Waals surface area (Å²) < 4.78 is 21.4. The average molecular weight is 409 g/mol. The number of hydrogen-bond acceptors (Lipinski definition) is 3. The number of rotatable bonds is 4. The molecule has 7 heteroatoms. The van der Waals surface area contributed by atoms with E-state index in [0.29, 0.717) is 37.6 Å². The van der Waals surface area contributed by atoms with E-state index in [9.17, 15) is 14.0 Å². The second-order valence-electron chi connectivity index (χ2n) is 7.83. The van der Waals surface area contributed by atoms with Crippen LogP contribution in [0.25, 0.3) is 11.1 Å². The molecule has 0 unspecified atom stereocenters. The lowest BCUT2D eigenvalue weighted by molar-refractivity contribution is 0.0406. The maximum absolute atomic E-state index is 14.0. The fourth-order valence-corrected chi connectivity index (χ4v) is 3.97. The molecule has 0 saturated carbocycles. The molecular formula is C23H24FN3O3. The number of allylic oxidation sites excluding steroid dienone is 1. The number of fused-ring (bicyclic) bond motifs is 1. The van der Waals surface area contributed by atoms with E-state index in [-0.39, 0.29) is 23.4 Å². The Hall–Kier alpha value is -3.35. The normalized spacial score (nSPS) is 16.8. The molecule has 30 heavy (non-hydrogen) atoms. The summed E-state index contributed by atoms with van der Waals surface area (Å²) in [5, 5.41) is 0.862. The van der Waals surface area contributed by atoms with E-state index in [1.165, 1.54) is 12.1 Å². The van der Waals surface area contributed by atoms with Gasteiger partial charge in [0, 0.05) is 37.6 Å². The maximum Gasteiger partial charge on any atom is 0.270 e. The van der Waals surface area contributed by atoms with Gasteiger partial charge < -0.3 is 18.8 Å². The standard InChI is InChI=1S/C23H24FN3O3/c1-15(2)13-27-20(12-17-8-11-30-23(17)27)22(29)25-9-10-26(16(3)14-25)21(28)18-6-4-5-7-19(18)24/h4-8,11-12,16H,1,9-10,13-14H2,2-3H3/t16-/m0/s1. The van der Waals surface area contributed by atoms with E-state index in [1.807, 2.05) is 30.5 Å². The summed E-state index contributed by atoms with van der Waals surface area (Å²) >= 11 is 0. The lowest BCUT2D eigenvalue weighted by atomic mass is 10.1. The predicted octanol–water partition coefficient (Wildman–Crippen LogP) is 3.94. The molecule has 1 fully saturated rings. The van der Waals surface area contributed by atoms with Crippen molar-refractivity contribution in [2.75, 3.05) is 19.6 Å². The molecule has 1 atom stereocenters. The number of nitrogens with zero attached hydrogens (tertiary/aromatic N) is 3. The third-order valence-corrected chi connectivity index (χ3v) is 5.43. The van der Waals surface area contributed by atoms with E-state index in [4.69, 9.17) is 4.42 Å². The first-order valence-electron chi connectivity index (χ1n) is 9.92. The van der Waals surface area contributed by atoms with Crippen molar-refractivity contribution in [2.24, 2.45) is 0 Å². The maximum atomic E-state index is 14.0. The van der Waals surface area contributed by atoms with Crippen LogP contribution in [-0.4, -0.2) is 51.9 Å². The van der Waals surface area contributed by atoms with Gasteiger partial charge in [0.15, 0.2) is 0 Å². The fraction of sp³-hybridized carbons (Fsp3) is 0.304. The van der Waals surface area contributed by atoms with Crippen LogP contribution in [0.2, 0.25) is 0 Å². The molecule has 0 spiro atoms. The van der Waals surface area contributed by atoms with Gasteiger partial charge in [0.2, 0.25) is 5.71 Å². The van der Waals surface area contributed by atoms with Crippen molar-refractivity contribution in [3.8, 4) is 0 Å². The van der Waals surface area contributed by atoms with Gasteiger partial charge in [-0.25, -0.2) is 4.39 Å². The first-order valence-corrected chi connectivity index (χ1v) is 9.92. The van der Waals surface area contributed by atoms with Crippen molar-refractivity contribution in [1.82, 2.24) is 14.4 Å². The first kappa shape index (κ1) is 19.9. The van der Waals surface area contributed by atoms with E-state index in [2.05, 4.69) is 6.58 Å². The van der Waals surface area contributed by atoms with Gasteiger partial charge in [-0.3, -0.25) is 9.59 Å². The number of amides is 2. The number of furan rings is 1. The van der Waals surface area contributed by atoms with Gasteiger partial charge in [-0.15, -0.1) is 0 Å². The van der Waals surface area contributed by atoms with Crippen molar-refractivity contribution in [3.05, 3.63) is 71.9 Å². The Bertz CT molecular complexity index is 1130. The lowest BCUT2D eigenvalue weighted by Gasteiger charge is -2.40. The van der Waals surface area contributed by atoms with Gasteiger partial charge in [0.1, 0.15) is 11.5 Å². The Morgan fingerprint density at radius 2 is 1.97 bits per heavy atom. The van der Waals surface area contributed by atoms with E-state index in [0.717, 1.165) is 11.0 Å². The summed E-state index contributed by atoms with van der Waals surface area (Å²) in [6.45, 7) is 9.30. The predicted molar refractivity (Wildman–Crippen MR) is 112 cm³/mol. The minimum Gasteiger partial charge on any atom is -0.448 e. The van der Waals surface area contributed by atoms with E-state index in [1.54, 1.807) is 28.2 Å². The third kappa shape index (κ3) is 3.51. The van der Waals surface area contributed by atoms with E-state index < -0.39 is 5.82 Å². The summed E-state index contributed by atoms with van der Waals surface area (Å²) in [5.74, 6) is -1.00. The Kier molecular flexibility index (Phi) is 5.20. The van der Waals surface area contributed by atoms with Crippen LogP contribution >= 0.6 is 0 Å². The SMILES string of the molecule is C=C(C)Cn1c(C(=O)N2CCN(C(=O)c3ccccc3F)[C@@H](C)C2)cc2ccoc21. The first-order chi connectivity index (χ1) is 14.4. The Labute approximate surface area is 174 Å². The van der Waals surface area contributed by atoms with Gasteiger partial charge in [-0.1, -0.05) is 24.3 Å². The van der Waals surface area contributed by atoms with Crippen molar-refractivity contribution < 1.29 is 18.4 Å². The number of aromatic nitrogens is 1. The summed E-state index contributed by atoms with van der Waals surface area (Å²) in [6, 6.07) is 9.39. The monoisotopic (exact) mass is 409 g/mol. The highest BCUT2D eigenvalue weighted by Crippen LogP contribution is 2.25. The highest BCUT2D eigenvalue weighted by Gasteiger charge is 2.33. The summed E-state index contributed by atoms with van der Waals surface area (Å²) in [5.41, 5.74) is 2.14. The topological polar surface area (TPSA) is 58.7 Å². The zero-order valence-corrected chi connectivity index (χ0v) is 17.1. The van der Waals surface area contributed by atoms with Gasteiger partial charge in [0.05, 0.1) is 11.8 Å². The van der Waals surface area contributed by atoms with Gasteiger partial charge >= 0.3 is 0 Å². The number of hydrogen-bond donors (Lipinski definition) is 0. The number of piperazine rings is 1. The highest BCUT2D eigenvalue weighted by atomic mass is 19.1. The van der Waals surface area contributed by atoms with Gasteiger partial charge in [0.25, 0.3) is 11.8 Å². The molecule has 4 rings (SSSR count). The smallest absolute Gasteiger partial charge is 0.270 e. The van der Waals surface area contributed by atoms with Crippen LogP contribution < -0.4 is 0 Å². The van der Waals surface area contributed by atoms with E-state index >= 15 is 0 Å². The zero-order valence-electron chi connectivity index (χ0n) is 17.1. The second-order valence-corrected chi connectivity index (χ2v) is 7.83. The summed E-state index contributed by atoms with van der Waals surface area (Å²) in [6.07, 6.45) is 1.60. The number of benzene rings is 1. The lowest BCUT2D eigenvalue weighted by Crippen LogP contribution is -2.55. The number of carbonyl (C=O) groups is 2. The Balaban J connectivity index is 1.54. The Morgan fingerprint density at radius 3 is 2.67 bits per heavy atom. The molecule has 1 aliphatic rings. The van der Waals surface area contributed by atoms with Crippen molar-refractivity contribution in [1.29, 1.82) is 0 Å². The van der Waals surface area contributed by atoms with Crippen molar-refractivity contribution >= 4 is 22.9 Å². The zero-order chi connectivity index (χ0) is 21.4. The van der Waals surface area contributed by atoms with Crippen molar-refractivity contribution in [2.45, 2.75) is 26.4 Å². The fourth-order valence-electron chi connectivity index (χ4n) is 3.97. The highest BCUT2D eigenvalue weighted by molar-refractivity contribution is 5.98. The molecule has 1 aliphatic heterocycles. The minimum atomic E-state index is -0.534. The molecular weight excluding hydrogens is 385 g/mol. The molecule has 2 aromatic heterocycles. The van der Waals surface area contributed by atoms with Crippen molar-refractivity contribution in [3.63, 3.8) is 0 Å². The molecule has 0 radical (unpaired) electrons. The largest absolute Gasteiger partial charge is 0.448 e. The van der Waals surface area contributed by atoms with Crippen LogP contribution in [0.1, 0.15) is 34.7 Å². The Morgan fingerprint density at radius 1 is 1.20 bits per heavy atom. The molecule has 0 bridgehead atoms. The van der Waals surface area contributed by atoms with Crippen LogP contribution in [0.5, 0.6) is 0 Å². The molecule has 3 heterocycles. The second kappa shape index (κ2) is 7.82. The number of carbonyl (C=O) groups excluding carboxylic acids is 2. The average Bonchev–Trinajstić information content (AvgIpc) is 3.29. The summed E-state index contributed by atoms with van der Waals surface area (Å²) in [4.78, 5) is 29.4. The van der Waals surface area contributed by atoms with Gasteiger partial charge in [-0.05, 0) is 38.1 Å². The molecule has 1 saturated heterocycles. The molecule has 1 aromatic carbocycles.